The number of hydrogen-bond acceptors (Lipinski definition) is 6. The summed E-state index contributed by atoms with van der Waals surface area (Å²) in [5.41, 5.74) is 2.45. The molecule has 1 N–H and O–H groups in total. The van der Waals surface area contributed by atoms with Crippen molar-refractivity contribution >= 4 is 29.0 Å². The molecule has 1 aromatic carbocycles. The van der Waals surface area contributed by atoms with Crippen LogP contribution in [0.1, 0.15) is 23.2 Å². The van der Waals surface area contributed by atoms with Crippen molar-refractivity contribution in [1.82, 2.24) is 20.4 Å². The van der Waals surface area contributed by atoms with Gasteiger partial charge in [-0.25, -0.2) is 0 Å². The lowest BCUT2D eigenvalue weighted by Gasteiger charge is -2.44. The van der Waals surface area contributed by atoms with E-state index in [1.165, 1.54) is 37.3 Å². The van der Waals surface area contributed by atoms with Gasteiger partial charge in [-0.1, -0.05) is 23.1 Å². The second-order valence-corrected chi connectivity index (χ2v) is 8.20. The van der Waals surface area contributed by atoms with Gasteiger partial charge in [-0.05, 0) is 56.1 Å². The maximum atomic E-state index is 12.5. The van der Waals surface area contributed by atoms with Crippen molar-refractivity contribution in [2.45, 2.75) is 28.1 Å². The summed E-state index contributed by atoms with van der Waals surface area (Å²) in [5, 5.41) is 11.1. The summed E-state index contributed by atoms with van der Waals surface area (Å²) >= 11 is 3.08. The highest BCUT2D eigenvalue weighted by Gasteiger charge is 2.34. The van der Waals surface area contributed by atoms with Crippen molar-refractivity contribution in [3.8, 4) is 0 Å². The minimum atomic E-state index is 0.0382. The van der Waals surface area contributed by atoms with Gasteiger partial charge in [-0.15, -0.1) is 10.2 Å². The lowest BCUT2D eigenvalue weighted by atomic mass is 9.84. The molecule has 3 fully saturated rings. The highest BCUT2D eigenvalue weighted by molar-refractivity contribution is 8.01. The fraction of sp³-hybridized carbons (Fsp3) is 0.438. The minimum absolute atomic E-state index is 0.0382. The molecule has 120 valence electrons. The summed E-state index contributed by atoms with van der Waals surface area (Å²) < 4.78 is 0.912. The van der Waals surface area contributed by atoms with Crippen LogP contribution in [0.25, 0.3) is 0 Å². The second-order valence-electron chi connectivity index (χ2n) is 6.05. The molecule has 3 aliphatic rings. The van der Waals surface area contributed by atoms with Crippen molar-refractivity contribution in [3.63, 3.8) is 0 Å². The molecule has 2 bridgehead atoms. The predicted octanol–water partition coefficient (Wildman–Crippen LogP) is 2.51. The quantitative estimate of drug-likeness (QED) is 0.922. The highest BCUT2D eigenvalue weighted by Crippen LogP contribution is 2.29. The van der Waals surface area contributed by atoms with Gasteiger partial charge in [0.1, 0.15) is 5.51 Å². The van der Waals surface area contributed by atoms with Gasteiger partial charge in [0.15, 0.2) is 4.34 Å². The molecule has 7 heteroatoms. The number of fused-ring (bicyclic) bond motifs is 3. The van der Waals surface area contributed by atoms with Gasteiger partial charge < -0.3 is 10.2 Å². The lowest BCUT2D eigenvalue weighted by molar-refractivity contribution is 0.0620. The van der Waals surface area contributed by atoms with E-state index in [1.807, 2.05) is 24.3 Å². The van der Waals surface area contributed by atoms with E-state index < -0.39 is 0 Å². The molecule has 5 rings (SSSR count). The van der Waals surface area contributed by atoms with Gasteiger partial charge in [0, 0.05) is 23.0 Å². The molecular weight excluding hydrogens is 328 g/mol. The van der Waals surface area contributed by atoms with Crippen LogP contribution >= 0.6 is 23.1 Å². The van der Waals surface area contributed by atoms with Gasteiger partial charge in [0.2, 0.25) is 0 Å². The Hall–Kier alpha value is -1.44. The average Bonchev–Trinajstić information content (AvgIpc) is 3.09. The topological polar surface area (TPSA) is 58.1 Å². The molecule has 3 aliphatic heterocycles. The fourth-order valence-electron chi connectivity index (χ4n) is 3.36. The van der Waals surface area contributed by atoms with E-state index in [9.17, 15) is 4.79 Å². The molecule has 0 aliphatic carbocycles. The maximum Gasteiger partial charge on any atom is 0.251 e. The zero-order valence-corrected chi connectivity index (χ0v) is 14.3. The first-order valence-corrected chi connectivity index (χ1v) is 9.55. The first kappa shape index (κ1) is 15.1. The maximum absolute atomic E-state index is 12.5. The third-order valence-corrected chi connectivity index (χ3v) is 6.42. The molecule has 1 amide bonds. The summed E-state index contributed by atoms with van der Waals surface area (Å²) in [6.45, 7) is 3.38. The molecule has 0 spiro atoms. The van der Waals surface area contributed by atoms with E-state index in [1.54, 1.807) is 17.3 Å². The number of piperidine rings is 3. The van der Waals surface area contributed by atoms with Crippen LogP contribution in [0.2, 0.25) is 0 Å². The largest absolute Gasteiger partial charge is 0.348 e. The first-order chi connectivity index (χ1) is 11.3. The first-order valence-electron chi connectivity index (χ1n) is 7.85. The van der Waals surface area contributed by atoms with Crippen molar-refractivity contribution < 1.29 is 4.79 Å². The van der Waals surface area contributed by atoms with Crippen LogP contribution in [0.3, 0.4) is 0 Å². The van der Waals surface area contributed by atoms with Crippen molar-refractivity contribution in [2.24, 2.45) is 5.92 Å². The normalized spacial score (nSPS) is 26.2. The molecule has 2 aromatic rings. The Morgan fingerprint density at radius 2 is 2.04 bits per heavy atom. The number of rotatable bonds is 4. The number of amides is 1. The van der Waals surface area contributed by atoms with Gasteiger partial charge in [-0.3, -0.25) is 4.79 Å². The summed E-state index contributed by atoms with van der Waals surface area (Å²) in [7, 11) is 0. The summed E-state index contributed by atoms with van der Waals surface area (Å²) in [6.07, 6.45) is 2.42. The van der Waals surface area contributed by atoms with Crippen LogP contribution in [0.4, 0.5) is 0 Å². The number of carbonyl (C=O) groups excluding carboxylic acids is 1. The number of aromatic nitrogens is 2. The standard InChI is InChI=1S/C16H18N4OS2/c21-15(18-14-9-20-7-5-11(14)6-8-20)12-1-3-13(4-2-12)23-16-19-17-10-22-16/h1-4,10-11,14H,5-9H2,(H,18,21). The number of nitrogens with one attached hydrogen (secondary N) is 1. The van der Waals surface area contributed by atoms with E-state index in [0.29, 0.717) is 12.0 Å². The molecule has 3 saturated heterocycles. The van der Waals surface area contributed by atoms with Gasteiger partial charge in [0.05, 0.1) is 0 Å². The zero-order chi connectivity index (χ0) is 15.6. The molecule has 23 heavy (non-hydrogen) atoms. The summed E-state index contributed by atoms with van der Waals surface area (Å²) in [5.74, 6) is 0.687. The van der Waals surface area contributed by atoms with Crippen molar-refractivity contribution in [1.29, 1.82) is 0 Å². The Morgan fingerprint density at radius 3 is 2.65 bits per heavy atom. The van der Waals surface area contributed by atoms with E-state index in [-0.39, 0.29) is 5.91 Å². The molecule has 1 aromatic heterocycles. The van der Waals surface area contributed by atoms with Crippen molar-refractivity contribution in [3.05, 3.63) is 35.3 Å². The molecule has 4 heterocycles. The molecule has 0 radical (unpaired) electrons. The average molecular weight is 346 g/mol. The van der Waals surface area contributed by atoms with Crippen LogP contribution < -0.4 is 5.32 Å². The molecular formula is C16H18N4OS2. The van der Waals surface area contributed by atoms with Gasteiger partial charge in [0.25, 0.3) is 5.91 Å². The third kappa shape index (κ3) is 3.41. The Morgan fingerprint density at radius 1 is 1.26 bits per heavy atom. The fourth-order valence-corrected chi connectivity index (χ4v) is 4.81. The van der Waals surface area contributed by atoms with E-state index in [2.05, 4.69) is 20.4 Å². The molecule has 0 saturated carbocycles. The van der Waals surface area contributed by atoms with Crippen LogP contribution in [0.5, 0.6) is 0 Å². The van der Waals surface area contributed by atoms with E-state index >= 15 is 0 Å². The van der Waals surface area contributed by atoms with E-state index in [0.717, 1.165) is 21.3 Å². The highest BCUT2D eigenvalue weighted by atomic mass is 32.2. The van der Waals surface area contributed by atoms with Crippen LogP contribution in [0, 0.1) is 5.92 Å². The number of carbonyl (C=O) groups is 1. The Bertz CT molecular complexity index is 666. The monoisotopic (exact) mass is 346 g/mol. The summed E-state index contributed by atoms with van der Waals surface area (Å²) in [4.78, 5) is 16.0. The SMILES string of the molecule is O=C(NC1CN2CCC1CC2)c1ccc(Sc2nncs2)cc1. The number of benzene rings is 1. The summed E-state index contributed by atoms with van der Waals surface area (Å²) in [6, 6.07) is 8.02. The van der Waals surface area contributed by atoms with Crippen LogP contribution in [0.15, 0.2) is 39.0 Å². The lowest BCUT2D eigenvalue weighted by Crippen LogP contribution is -2.57. The van der Waals surface area contributed by atoms with Gasteiger partial charge >= 0.3 is 0 Å². The Balaban J connectivity index is 1.38. The predicted molar refractivity (Wildman–Crippen MR) is 90.9 cm³/mol. The Labute approximate surface area is 143 Å². The molecule has 1 unspecified atom stereocenters. The second kappa shape index (κ2) is 6.59. The van der Waals surface area contributed by atoms with E-state index in [4.69, 9.17) is 0 Å². The van der Waals surface area contributed by atoms with Gasteiger partial charge in [-0.2, -0.15) is 0 Å². The smallest absolute Gasteiger partial charge is 0.251 e. The minimum Gasteiger partial charge on any atom is -0.348 e. The molecule has 1 atom stereocenters. The number of hydrogen-bond donors (Lipinski definition) is 1. The van der Waals surface area contributed by atoms with Crippen LogP contribution in [-0.2, 0) is 0 Å². The van der Waals surface area contributed by atoms with Crippen LogP contribution in [-0.4, -0.2) is 46.7 Å². The zero-order valence-electron chi connectivity index (χ0n) is 12.6. The Kier molecular flexibility index (Phi) is 4.33. The number of nitrogens with zero attached hydrogens (tertiary/aromatic N) is 3. The van der Waals surface area contributed by atoms with Crippen molar-refractivity contribution in [2.75, 3.05) is 19.6 Å². The molecule has 5 nitrogen and oxygen atoms in total. The third-order valence-electron chi connectivity index (χ3n) is 4.63.